The molecule has 7 nitrogen and oxygen atoms in total. The van der Waals surface area contributed by atoms with Gasteiger partial charge in [-0.15, -0.1) is 0 Å². The molecule has 2 N–H and O–H groups in total. The third-order valence-corrected chi connectivity index (χ3v) is 5.17. The van der Waals surface area contributed by atoms with Gasteiger partial charge in [0.05, 0.1) is 18.8 Å². The highest BCUT2D eigenvalue weighted by Gasteiger charge is 2.30. The lowest BCUT2D eigenvalue weighted by molar-refractivity contribution is -0.143. The normalized spacial score (nSPS) is 12.2. The van der Waals surface area contributed by atoms with E-state index in [1.807, 2.05) is 6.07 Å². The molecule has 2 aromatic carbocycles. The van der Waals surface area contributed by atoms with E-state index in [1.165, 1.54) is 12.3 Å². The molecule has 0 saturated carbocycles. The van der Waals surface area contributed by atoms with Crippen molar-refractivity contribution in [2.75, 3.05) is 11.9 Å². The van der Waals surface area contributed by atoms with Crippen molar-refractivity contribution in [3.05, 3.63) is 98.4 Å². The zero-order chi connectivity index (χ0) is 24.9. The molecule has 1 aromatic heterocycles. The molecule has 1 heterocycles. The number of hydrogen-bond donors (Lipinski definition) is 2. The van der Waals surface area contributed by atoms with Crippen LogP contribution >= 0.6 is 15.9 Å². The molecule has 178 valence electrons. The lowest BCUT2D eigenvalue weighted by Crippen LogP contribution is -2.34. The van der Waals surface area contributed by atoms with Gasteiger partial charge in [0.25, 0.3) is 11.5 Å². The summed E-state index contributed by atoms with van der Waals surface area (Å²) in [5.41, 5.74) is -1.29. The SMILES string of the molecule is O=C(Nc1cc(Br)cn(C(COCc2ccccc2)C(=O)O)c1=O)c1ccc(C(F)(F)F)cc1. The average molecular weight is 539 g/mol. The maximum atomic E-state index is 12.9. The van der Waals surface area contributed by atoms with Gasteiger partial charge in [-0.1, -0.05) is 30.3 Å². The van der Waals surface area contributed by atoms with Gasteiger partial charge in [-0.25, -0.2) is 4.79 Å². The molecule has 3 rings (SSSR count). The summed E-state index contributed by atoms with van der Waals surface area (Å²) in [7, 11) is 0. The molecule has 1 amide bonds. The number of anilines is 1. The van der Waals surface area contributed by atoms with Gasteiger partial charge < -0.3 is 15.2 Å². The van der Waals surface area contributed by atoms with Crippen LogP contribution in [-0.4, -0.2) is 28.2 Å². The van der Waals surface area contributed by atoms with Gasteiger partial charge >= 0.3 is 12.1 Å². The smallest absolute Gasteiger partial charge is 0.416 e. The van der Waals surface area contributed by atoms with Gasteiger partial charge in [0.2, 0.25) is 0 Å². The van der Waals surface area contributed by atoms with Gasteiger partial charge in [-0.2, -0.15) is 13.2 Å². The summed E-state index contributed by atoms with van der Waals surface area (Å²) < 4.78 is 44.9. The van der Waals surface area contributed by atoms with Crippen LogP contribution in [0.5, 0.6) is 0 Å². The second-order valence-electron chi connectivity index (χ2n) is 7.17. The van der Waals surface area contributed by atoms with Crippen LogP contribution in [-0.2, 0) is 22.3 Å². The Morgan fingerprint density at radius 1 is 1.09 bits per heavy atom. The number of aromatic nitrogens is 1. The number of carbonyl (C=O) groups is 2. The number of halogens is 4. The molecule has 1 unspecified atom stereocenters. The number of alkyl halides is 3. The molecule has 1 atom stereocenters. The van der Waals surface area contributed by atoms with Crippen molar-refractivity contribution in [3.8, 4) is 0 Å². The third-order valence-electron chi connectivity index (χ3n) is 4.74. The van der Waals surface area contributed by atoms with Gasteiger partial charge in [0.15, 0.2) is 6.04 Å². The highest BCUT2D eigenvalue weighted by atomic mass is 79.9. The largest absolute Gasteiger partial charge is 0.480 e. The first-order chi connectivity index (χ1) is 16.1. The van der Waals surface area contributed by atoms with E-state index in [4.69, 9.17) is 4.74 Å². The minimum absolute atomic E-state index is 0.111. The first-order valence-corrected chi connectivity index (χ1v) is 10.6. The topological polar surface area (TPSA) is 97.6 Å². The zero-order valence-electron chi connectivity index (χ0n) is 17.4. The molecule has 0 spiro atoms. The fraction of sp³-hybridized carbons (Fsp3) is 0.174. The van der Waals surface area contributed by atoms with E-state index in [9.17, 15) is 32.7 Å². The predicted octanol–water partition coefficient (Wildman–Crippen LogP) is 4.72. The number of carbonyl (C=O) groups excluding carboxylic acids is 1. The summed E-state index contributed by atoms with van der Waals surface area (Å²) in [5.74, 6) is -2.16. The van der Waals surface area contributed by atoms with Crippen molar-refractivity contribution in [1.82, 2.24) is 4.57 Å². The highest BCUT2D eigenvalue weighted by molar-refractivity contribution is 9.10. The first kappa shape index (κ1) is 25.2. The van der Waals surface area contributed by atoms with E-state index < -0.39 is 35.2 Å². The lowest BCUT2D eigenvalue weighted by Gasteiger charge is -2.18. The fourth-order valence-corrected chi connectivity index (χ4v) is 3.48. The molecule has 0 bridgehead atoms. The summed E-state index contributed by atoms with van der Waals surface area (Å²) in [6.07, 6.45) is -3.30. The number of amides is 1. The standard InChI is InChI=1S/C23H18BrF3N2O5/c24-17-10-18(28-20(30)15-6-8-16(9-7-15)23(25,26)27)21(31)29(11-17)19(22(32)33)13-34-12-14-4-2-1-3-5-14/h1-11,19H,12-13H2,(H,28,30)(H,32,33). The molecule has 11 heteroatoms. The first-order valence-electron chi connectivity index (χ1n) is 9.81. The molecule has 0 radical (unpaired) electrons. The van der Waals surface area contributed by atoms with Crippen LogP contribution in [0.15, 0.2) is 76.1 Å². The molecule has 0 aliphatic rings. The summed E-state index contributed by atoms with van der Waals surface area (Å²) in [6, 6.07) is 12.4. The molecule has 34 heavy (non-hydrogen) atoms. The molecule has 0 aliphatic heterocycles. The number of nitrogens with zero attached hydrogens (tertiary/aromatic N) is 1. The molecule has 0 saturated heterocycles. The summed E-state index contributed by atoms with van der Waals surface area (Å²) in [4.78, 5) is 37.2. The number of nitrogens with one attached hydrogen (secondary N) is 1. The van der Waals surface area contributed by atoms with Gasteiger partial charge in [0, 0.05) is 16.2 Å². The Balaban J connectivity index is 1.80. The van der Waals surface area contributed by atoms with Crippen LogP contribution in [0.4, 0.5) is 18.9 Å². The Kier molecular flexibility index (Phi) is 7.90. The fourth-order valence-electron chi connectivity index (χ4n) is 3.03. The van der Waals surface area contributed by atoms with Crippen molar-refractivity contribution in [1.29, 1.82) is 0 Å². The molecule has 0 aliphatic carbocycles. The maximum absolute atomic E-state index is 12.9. The number of hydrogen-bond acceptors (Lipinski definition) is 4. The van der Waals surface area contributed by atoms with E-state index in [0.717, 1.165) is 34.4 Å². The molecule has 3 aromatic rings. The lowest BCUT2D eigenvalue weighted by atomic mass is 10.1. The van der Waals surface area contributed by atoms with Crippen molar-refractivity contribution in [3.63, 3.8) is 0 Å². The van der Waals surface area contributed by atoms with Crippen molar-refractivity contribution >= 4 is 33.5 Å². The predicted molar refractivity (Wildman–Crippen MR) is 121 cm³/mol. The Morgan fingerprint density at radius 2 is 1.74 bits per heavy atom. The minimum Gasteiger partial charge on any atom is -0.480 e. The molecule has 0 fully saturated rings. The zero-order valence-corrected chi connectivity index (χ0v) is 19.0. The van der Waals surface area contributed by atoms with Crippen LogP contribution in [0.3, 0.4) is 0 Å². The monoisotopic (exact) mass is 538 g/mol. The summed E-state index contributed by atoms with van der Waals surface area (Å²) >= 11 is 3.18. The Bertz CT molecular complexity index is 1230. The van der Waals surface area contributed by atoms with Crippen LogP contribution < -0.4 is 10.9 Å². The van der Waals surface area contributed by atoms with E-state index in [0.29, 0.717) is 4.47 Å². The van der Waals surface area contributed by atoms with Gasteiger partial charge in [0.1, 0.15) is 5.69 Å². The Hall–Kier alpha value is -3.44. The number of ether oxygens (including phenoxy) is 1. The van der Waals surface area contributed by atoms with Crippen molar-refractivity contribution < 1.29 is 32.6 Å². The number of benzene rings is 2. The van der Waals surface area contributed by atoms with Crippen LogP contribution in [0.25, 0.3) is 0 Å². The average Bonchev–Trinajstić information content (AvgIpc) is 2.79. The second kappa shape index (κ2) is 10.7. The number of aliphatic carboxylic acids is 1. The third kappa shape index (κ3) is 6.33. The number of carboxylic acid groups (broad SMARTS) is 1. The summed E-state index contributed by atoms with van der Waals surface area (Å²) in [6.45, 7) is -0.197. The summed E-state index contributed by atoms with van der Waals surface area (Å²) in [5, 5.41) is 12.0. The molecular formula is C23H18BrF3N2O5. The number of rotatable bonds is 8. The van der Waals surface area contributed by atoms with E-state index in [2.05, 4.69) is 21.2 Å². The van der Waals surface area contributed by atoms with Crippen molar-refractivity contribution in [2.24, 2.45) is 0 Å². The van der Waals surface area contributed by atoms with Crippen LogP contribution in [0.2, 0.25) is 0 Å². The van der Waals surface area contributed by atoms with Gasteiger partial charge in [-0.3, -0.25) is 14.2 Å². The van der Waals surface area contributed by atoms with Crippen molar-refractivity contribution in [2.45, 2.75) is 18.8 Å². The van der Waals surface area contributed by atoms with E-state index >= 15 is 0 Å². The number of carboxylic acids is 1. The Morgan fingerprint density at radius 3 is 2.32 bits per heavy atom. The highest BCUT2D eigenvalue weighted by Crippen LogP contribution is 2.29. The van der Waals surface area contributed by atoms with Gasteiger partial charge in [-0.05, 0) is 51.8 Å². The second-order valence-corrected chi connectivity index (χ2v) is 8.08. The maximum Gasteiger partial charge on any atom is 0.416 e. The number of pyridine rings is 1. The van der Waals surface area contributed by atoms with E-state index in [1.54, 1.807) is 24.3 Å². The van der Waals surface area contributed by atoms with E-state index in [-0.39, 0.29) is 24.5 Å². The molecular weight excluding hydrogens is 521 g/mol. The Labute approximate surface area is 199 Å². The van der Waals surface area contributed by atoms with Crippen LogP contribution in [0.1, 0.15) is 27.5 Å². The van der Waals surface area contributed by atoms with Crippen LogP contribution in [0, 0.1) is 0 Å². The quantitative estimate of drug-likeness (QED) is 0.432. The minimum atomic E-state index is -4.55.